The Labute approximate surface area is 123 Å². The van der Waals surface area contributed by atoms with Gasteiger partial charge in [0.25, 0.3) is 0 Å². The molecule has 1 unspecified atom stereocenters. The van der Waals surface area contributed by atoms with Crippen LogP contribution in [0.2, 0.25) is 0 Å². The van der Waals surface area contributed by atoms with E-state index >= 15 is 0 Å². The number of pyridine rings is 1. The van der Waals surface area contributed by atoms with Gasteiger partial charge in [-0.2, -0.15) is 0 Å². The quantitative estimate of drug-likeness (QED) is 0.899. The van der Waals surface area contributed by atoms with E-state index < -0.39 is 0 Å². The van der Waals surface area contributed by atoms with Gasteiger partial charge in [-0.1, -0.05) is 41.1 Å². The summed E-state index contributed by atoms with van der Waals surface area (Å²) in [4.78, 5) is 4.49. The Morgan fingerprint density at radius 2 is 1.89 bits per heavy atom. The molecular formula is C16H19BrN2. The highest BCUT2D eigenvalue weighted by Crippen LogP contribution is 2.20. The lowest BCUT2D eigenvalue weighted by Gasteiger charge is -2.18. The number of hydrogen-bond acceptors (Lipinski definition) is 2. The van der Waals surface area contributed by atoms with Gasteiger partial charge in [-0.05, 0) is 42.8 Å². The summed E-state index contributed by atoms with van der Waals surface area (Å²) in [5.41, 5.74) is 3.62. The summed E-state index contributed by atoms with van der Waals surface area (Å²) in [5.74, 6) is 0. The molecule has 100 valence electrons. The predicted molar refractivity (Wildman–Crippen MR) is 83.2 cm³/mol. The predicted octanol–water partition coefficient (Wildman–Crippen LogP) is 4.05. The molecule has 0 aliphatic heterocycles. The van der Waals surface area contributed by atoms with Crippen LogP contribution in [0.15, 0.2) is 47.1 Å². The Balaban J connectivity index is 2.15. The highest BCUT2D eigenvalue weighted by molar-refractivity contribution is 9.10. The minimum atomic E-state index is 0.313. The topological polar surface area (TPSA) is 24.9 Å². The van der Waals surface area contributed by atoms with Gasteiger partial charge in [-0.25, -0.2) is 0 Å². The molecule has 1 aromatic heterocycles. The van der Waals surface area contributed by atoms with Gasteiger partial charge in [0.15, 0.2) is 0 Å². The van der Waals surface area contributed by atoms with E-state index in [-0.39, 0.29) is 0 Å². The molecule has 1 atom stereocenters. The van der Waals surface area contributed by atoms with Gasteiger partial charge in [0.1, 0.15) is 0 Å². The van der Waals surface area contributed by atoms with Crippen molar-refractivity contribution < 1.29 is 0 Å². The highest BCUT2D eigenvalue weighted by atomic mass is 79.9. The van der Waals surface area contributed by atoms with E-state index in [1.165, 1.54) is 11.1 Å². The first kappa shape index (κ1) is 14.2. The van der Waals surface area contributed by atoms with Crippen LogP contribution in [0.5, 0.6) is 0 Å². The van der Waals surface area contributed by atoms with Crippen molar-refractivity contribution in [3.63, 3.8) is 0 Å². The van der Waals surface area contributed by atoms with Crippen molar-refractivity contribution >= 4 is 15.9 Å². The van der Waals surface area contributed by atoms with Gasteiger partial charge in [0, 0.05) is 28.8 Å². The number of hydrogen-bond donors (Lipinski definition) is 1. The second-order valence-corrected chi connectivity index (χ2v) is 5.61. The fourth-order valence-electron chi connectivity index (χ4n) is 2.08. The molecule has 1 N–H and O–H groups in total. The number of aryl methyl sites for hydroxylation is 1. The minimum Gasteiger partial charge on any atom is -0.310 e. The van der Waals surface area contributed by atoms with E-state index in [1.807, 2.05) is 6.20 Å². The van der Waals surface area contributed by atoms with Gasteiger partial charge in [-0.3, -0.25) is 4.98 Å². The molecule has 3 heteroatoms. The van der Waals surface area contributed by atoms with Gasteiger partial charge in [-0.15, -0.1) is 0 Å². The van der Waals surface area contributed by atoms with Gasteiger partial charge < -0.3 is 5.32 Å². The zero-order chi connectivity index (χ0) is 13.7. The molecule has 0 aliphatic rings. The van der Waals surface area contributed by atoms with E-state index in [1.54, 1.807) is 0 Å². The zero-order valence-corrected chi connectivity index (χ0v) is 12.9. The molecule has 0 bridgehead atoms. The molecule has 0 fully saturated rings. The van der Waals surface area contributed by atoms with E-state index in [0.29, 0.717) is 6.04 Å². The molecule has 2 aromatic rings. The van der Waals surface area contributed by atoms with Crippen molar-refractivity contribution in [2.75, 3.05) is 6.54 Å². The fraction of sp³-hybridized carbons (Fsp3) is 0.312. The molecule has 2 rings (SSSR count). The molecule has 2 nitrogen and oxygen atoms in total. The van der Waals surface area contributed by atoms with Crippen LogP contribution in [-0.2, 0) is 6.42 Å². The van der Waals surface area contributed by atoms with Crippen LogP contribution in [0.4, 0.5) is 0 Å². The van der Waals surface area contributed by atoms with Crippen LogP contribution in [0, 0.1) is 6.92 Å². The third-order valence-corrected chi connectivity index (χ3v) is 3.64. The Morgan fingerprint density at radius 1 is 1.16 bits per heavy atom. The third-order valence-electron chi connectivity index (χ3n) is 3.11. The van der Waals surface area contributed by atoms with Crippen molar-refractivity contribution in [1.82, 2.24) is 10.3 Å². The standard InChI is InChI=1S/C16H19BrN2/c1-3-18-16(13-5-7-14(17)8-6-13)10-15-9-4-12(2)11-19-15/h4-9,11,16,18H,3,10H2,1-2H3. The van der Waals surface area contributed by atoms with Crippen LogP contribution in [0.3, 0.4) is 0 Å². The molecule has 0 spiro atoms. The highest BCUT2D eigenvalue weighted by Gasteiger charge is 2.11. The Kier molecular flexibility index (Phi) is 5.11. The number of nitrogens with one attached hydrogen (secondary N) is 1. The van der Waals surface area contributed by atoms with Crippen molar-refractivity contribution in [2.45, 2.75) is 26.3 Å². The largest absolute Gasteiger partial charge is 0.310 e. The second-order valence-electron chi connectivity index (χ2n) is 4.69. The maximum Gasteiger partial charge on any atom is 0.0422 e. The van der Waals surface area contributed by atoms with Gasteiger partial charge in [0.2, 0.25) is 0 Å². The average Bonchev–Trinajstić information content (AvgIpc) is 2.42. The fourth-order valence-corrected chi connectivity index (χ4v) is 2.34. The average molecular weight is 319 g/mol. The van der Waals surface area contributed by atoms with Gasteiger partial charge >= 0.3 is 0 Å². The summed E-state index contributed by atoms with van der Waals surface area (Å²) in [5, 5.41) is 3.53. The molecule has 1 aromatic carbocycles. The Hall–Kier alpha value is -1.19. The SMILES string of the molecule is CCNC(Cc1ccc(C)cn1)c1ccc(Br)cc1. The summed E-state index contributed by atoms with van der Waals surface area (Å²) >= 11 is 3.48. The summed E-state index contributed by atoms with van der Waals surface area (Å²) in [7, 11) is 0. The lowest BCUT2D eigenvalue weighted by Crippen LogP contribution is -2.23. The number of aromatic nitrogens is 1. The van der Waals surface area contributed by atoms with Crippen LogP contribution in [-0.4, -0.2) is 11.5 Å². The lowest BCUT2D eigenvalue weighted by atomic mass is 10.0. The number of rotatable bonds is 5. The van der Waals surface area contributed by atoms with Crippen LogP contribution < -0.4 is 5.32 Å². The smallest absolute Gasteiger partial charge is 0.0422 e. The number of likely N-dealkylation sites (N-methyl/N-ethyl adjacent to an activating group) is 1. The molecular weight excluding hydrogens is 300 g/mol. The third kappa shape index (κ3) is 4.15. The monoisotopic (exact) mass is 318 g/mol. The molecule has 0 aliphatic carbocycles. The zero-order valence-electron chi connectivity index (χ0n) is 11.4. The molecule has 1 heterocycles. The lowest BCUT2D eigenvalue weighted by molar-refractivity contribution is 0.544. The van der Waals surface area contributed by atoms with Crippen molar-refractivity contribution in [3.05, 3.63) is 63.9 Å². The number of benzene rings is 1. The summed E-state index contributed by atoms with van der Waals surface area (Å²) in [6.45, 7) is 5.15. The number of nitrogens with zero attached hydrogens (tertiary/aromatic N) is 1. The first-order valence-electron chi connectivity index (χ1n) is 6.59. The van der Waals surface area contributed by atoms with E-state index in [4.69, 9.17) is 0 Å². The maximum absolute atomic E-state index is 4.49. The summed E-state index contributed by atoms with van der Waals surface area (Å²) in [6, 6.07) is 13.0. The Morgan fingerprint density at radius 3 is 2.47 bits per heavy atom. The van der Waals surface area contributed by atoms with E-state index in [0.717, 1.165) is 23.1 Å². The van der Waals surface area contributed by atoms with Crippen molar-refractivity contribution in [2.24, 2.45) is 0 Å². The van der Waals surface area contributed by atoms with Crippen molar-refractivity contribution in [1.29, 1.82) is 0 Å². The normalized spacial score (nSPS) is 12.4. The molecule has 0 amide bonds. The molecule has 19 heavy (non-hydrogen) atoms. The van der Waals surface area contributed by atoms with E-state index in [2.05, 4.69) is 76.5 Å². The minimum absolute atomic E-state index is 0.313. The first-order valence-corrected chi connectivity index (χ1v) is 7.38. The van der Waals surface area contributed by atoms with Crippen LogP contribution in [0.25, 0.3) is 0 Å². The van der Waals surface area contributed by atoms with Crippen LogP contribution >= 0.6 is 15.9 Å². The second kappa shape index (κ2) is 6.83. The maximum atomic E-state index is 4.49. The summed E-state index contributed by atoms with van der Waals surface area (Å²) in [6.07, 6.45) is 2.84. The molecule has 0 saturated heterocycles. The molecule has 0 saturated carbocycles. The van der Waals surface area contributed by atoms with Gasteiger partial charge in [0.05, 0.1) is 0 Å². The number of halogens is 1. The Bertz CT molecular complexity index is 505. The van der Waals surface area contributed by atoms with Crippen LogP contribution in [0.1, 0.15) is 29.8 Å². The van der Waals surface area contributed by atoms with E-state index in [9.17, 15) is 0 Å². The summed E-state index contributed by atoms with van der Waals surface area (Å²) < 4.78 is 1.11. The first-order chi connectivity index (χ1) is 9.19. The van der Waals surface area contributed by atoms with Crippen molar-refractivity contribution in [3.8, 4) is 0 Å². The molecule has 0 radical (unpaired) electrons.